The zero-order valence-electron chi connectivity index (χ0n) is 8.06. The molecule has 0 aromatic carbocycles. The van der Waals surface area contributed by atoms with E-state index in [0.29, 0.717) is 6.42 Å². The summed E-state index contributed by atoms with van der Waals surface area (Å²) in [5, 5.41) is 18.0. The maximum absolute atomic E-state index is 11.0. The number of hydrogen-bond donors (Lipinski definition) is 2. The summed E-state index contributed by atoms with van der Waals surface area (Å²) in [5.41, 5.74) is 0. The largest absolute Gasteiger partial charge is 0.481 e. The Kier molecular flexibility index (Phi) is 4.17. The third-order valence-corrected chi connectivity index (χ3v) is 6.05. The molecule has 0 heterocycles. The molecule has 1 fully saturated rings. The second-order valence-electron chi connectivity index (χ2n) is 3.86. The molecular weight excluding hydrogens is 332 g/mol. The average Bonchev–Trinajstić information content (AvgIpc) is 2.12. The van der Waals surface area contributed by atoms with Crippen LogP contribution in [-0.4, -0.2) is 31.8 Å². The van der Waals surface area contributed by atoms with Crippen LogP contribution in [0, 0.1) is 17.8 Å². The van der Waals surface area contributed by atoms with Crippen LogP contribution in [0.1, 0.15) is 13.3 Å². The lowest BCUT2D eigenvalue weighted by atomic mass is 9.72. The molecule has 0 bridgehead atoms. The van der Waals surface area contributed by atoms with Crippen LogP contribution in [0.15, 0.2) is 0 Å². The number of halogens is 2. The first kappa shape index (κ1) is 13.0. The Labute approximate surface area is 104 Å². The van der Waals surface area contributed by atoms with E-state index in [-0.39, 0.29) is 15.6 Å². The molecule has 0 aromatic heterocycles. The number of carbonyl (C=O) groups is 2. The average molecular weight is 344 g/mol. The smallest absolute Gasteiger partial charge is 0.307 e. The van der Waals surface area contributed by atoms with Crippen LogP contribution in [0.4, 0.5) is 0 Å². The predicted octanol–water partition coefficient (Wildman–Crippen LogP) is 1.95. The first-order chi connectivity index (χ1) is 6.86. The Morgan fingerprint density at radius 1 is 1.20 bits per heavy atom. The van der Waals surface area contributed by atoms with Gasteiger partial charge < -0.3 is 10.2 Å². The number of carboxylic acid groups (broad SMARTS) is 2. The SMILES string of the molecule is C[C@H]1[C@@H](Br)[C@@H](Br)C[C@H](C(=O)O)[C@@H]1C(=O)O. The van der Waals surface area contributed by atoms with Gasteiger partial charge in [-0.25, -0.2) is 0 Å². The van der Waals surface area contributed by atoms with Crippen LogP contribution in [0.25, 0.3) is 0 Å². The molecule has 1 rings (SSSR count). The summed E-state index contributed by atoms with van der Waals surface area (Å²) >= 11 is 6.78. The zero-order valence-corrected chi connectivity index (χ0v) is 11.2. The van der Waals surface area contributed by atoms with E-state index in [0.717, 1.165) is 0 Å². The van der Waals surface area contributed by atoms with Crippen molar-refractivity contribution < 1.29 is 19.8 Å². The molecule has 0 spiro atoms. The predicted molar refractivity (Wildman–Crippen MR) is 61.5 cm³/mol. The Hall–Kier alpha value is -0.100. The first-order valence-corrected chi connectivity index (χ1v) is 6.43. The van der Waals surface area contributed by atoms with E-state index in [1.165, 1.54) is 0 Å². The quantitative estimate of drug-likeness (QED) is 0.751. The number of aliphatic carboxylic acids is 2. The lowest BCUT2D eigenvalue weighted by Crippen LogP contribution is -2.46. The van der Waals surface area contributed by atoms with Gasteiger partial charge in [0.1, 0.15) is 0 Å². The third-order valence-electron chi connectivity index (χ3n) is 2.93. The van der Waals surface area contributed by atoms with Crippen molar-refractivity contribution in [3.05, 3.63) is 0 Å². The molecule has 2 N–H and O–H groups in total. The molecule has 86 valence electrons. The number of hydrogen-bond acceptors (Lipinski definition) is 2. The Balaban J connectivity index is 2.96. The van der Waals surface area contributed by atoms with E-state index in [4.69, 9.17) is 10.2 Å². The van der Waals surface area contributed by atoms with Gasteiger partial charge in [0.15, 0.2) is 0 Å². The zero-order chi connectivity index (χ0) is 11.7. The molecule has 0 unspecified atom stereocenters. The van der Waals surface area contributed by atoms with Gasteiger partial charge in [0.25, 0.3) is 0 Å². The summed E-state index contributed by atoms with van der Waals surface area (Å²) in [7, 11) is 0. The molecule has 1 saturated carbocycles. The number of alkyl halides is 2. The van der Waals surface area contributed by atoms with E-state index >= 15 is 0 Å². The molecule has 0 radical (unpaired) electrons. The van der Waals surface area contributed by atoms with Gasteiger partial charge in [-0.1, -0.05) is 38.8 Å². The third kappa shape index (κ3) is 2.53. The Morgan fingerprint density at radius 3 is 2.13 bits per heavy atom. The molecule has 0 amide bonds. The molecule has 15 heavy (non-hydrogen) atoms. The van der Waals surface area contributed by atoms with Crippen molar-refractivity contribution in [2.24, 2.45) is 17.8 Å². The molecule has 0 aromatic rings. The fourth-order valence-electron chi connectivity index (χ4n) is 2.06. The van der Waals surface area contributed by atoms with Crippen LogP contribution in [0.2, 0.25) is 0 Å². The molecule has 1 aliphatic rings. The van der Waals surface area contributed by atoms with Crippen LogP contribution in [-0.2, 0) is 9.59 Å². The summed E-state index contributed by atoms with van der Waals surface area (Å²) in [6, 6.07) is 0. The van der Waals surface area contributed by atoms with Crippen molar-refractivity contribution >= 4 is 43.8 Å². The Morgan fingerprint density at radius 2 is 1.73 bits per heavy atom. The van der Waals surface area contributed by atoms with Gasteiger partial charge in [-0.05, 0) is 12.3 Å². The standard InChI is InChI=1S/C9H12Br2O4/c1-3-6(9(14)15)4(8(12)13)2-5(10)7(3)11/h3-7H,2H2,1H3,(H,12,13)(H,14,15)/t3-,4+,5+,6-,7-/m1/s1. The minimum atomic E-state index is -1.03. The minimum Gasteiger partial charge on any atom is -0.481 e. The van der Waals surface area contributed by atoms with Crippen molar-refractivity contribution in [3.8, 4) is 0 Å². The topological polar surface area (TPSA) is 74.6 Å². The molecule has 6 heteroatoms. The summed E-state index contributed by atoms with van der Waals surface area (Å²) in [4.78, 5) is 22.0. The van der Waals surface area contributed by atoms with Crippen molar-refractivity contribution in [1.82, 2.24) is 0 Å². The summed E-state index contributed by atoms with van der Waals surface area (Å²) in [6.07, 6.45) is 0.340. The van der Waals surface area contributed by atoms with E-state index in [9.17, 15) is 9.59 Å². The van der Waals surface area contributed by atoms with Crippen molar-refractivity contribution in [1.29, 1.82) is 0 Å². The molecule has 0 saturated heterocycles. The van der Waals surface area contributed by atoms with E-state index in [1.807, 2.05) is 0 Å². The highest BCUT2D eigenvalue weighted by atomic mass is 79.9. The molecule has 1 aliphatic carbocycles. The van der Waals surface area contributed by atoms with Gasteiger partial charge >= 0.3 is 11.9 Å². The first-order valence-electron chi connectivity index (χ1n) is 4.60. The molecular formula is C9H12Br2O4. The number of rotatable bonds is 2. The second kappa shape index (κ2) is 4.82. The van der Waals surface area contributed by atoms with Crippen molar-refractivity contribution in [3.63, 3.8) is 0 Å². The van der Waals surface area contributed by atoms with Gasteiger partial charge in [0, 0.05) is 9.65 Å². The van der Waals surface area contributed by atoms with E-state index in [1.54, 1.807) is 6.92 Å². The lowest BCUT2D eigenvalue weighted by molar-refractivity contribution is -0.157. The maximum Gasteiger partial charge on any atom is 0.307 e. The van der Waals surface area contributed by atoms with Gasteiger partial charge in [0.05, 0.1) is 11.8 Å². The van der Waals surface area contributed by atoms with E-state index < -0.39 is 23.8 Å². The maximum atomic E-state index is 11.0. The Bertz CT molecular complexity index is 281. The minimum absolute atomic E-state index is 0.00389. The second-order valence-corrected chi connectivity index (χ2v) is 6.10. The number of carboxylic acids is 2. The van der Waals surface area contributed by atoms with Crippen LogP contribution in [0.5, 0.6) is 0 Å². The highest BCUT2D eigenvalue weighted by Crippen LogP contribution is 2.42. The molecule has 5 atom stereocenters. The van der Waals surface area contributed by atoms with Gasteiger partial charge in [0.2, 0.25) is 0 Å². The highest BCUT2D eigenvalue weighted by Gasteiger charge is 2.47. The summed E-state index contributed by atoms with van der Waals surface area (Å²) < 4.78 is 0. The highest BCUT2D eigenvalue weighted by molar-refractivity contribution is 9.12. The molecule has 4 nitrogen and oxygen atoms in total. The summed E-state index contributed by atoms with van der Waals surface area (Å²) in [6.45, 7) is 1.77. The molecule has 0 aliphatic heterocycles. The van der Waals surface area contributed by atoms with Crippen molar-refractivity contribution in [2.45, 2.75) is 23.0 Å². The van der Waals surface area contributed by atoms with Crippen LogP contribution in [0.3, 0.4) is 0 Å². The van der Waals surface area contributed by atoms with Crippen LogP contribution < -0.4 is 0 Å². The van der Waals surface area contributed by atoms with Crippen LogP contribution >= 0.6 is 31.9 Å². The van der Waals surface area contributed by atoms with E-state index in [2.05, 4.69) is 31.9 Å². The fourth-order valence-corrected chi connectivity index (χ4v) is 3.49. The van der Waals surface area contributed by atoms with Gasteiger partial charge in [-0.3, -0.25) is 9.59 Å². The fraction of sp³-hybridized carbons (Fsp3) is 0.778. The van der Waals surface area contributed by atoms with Crippen molar-refractivity contribution in [2.75, 3.05) is 0 Å². The van der Waals surface area contributed by atoms with Gasteiger partial charge in [-0.15, -0.1) is 0 Å². The normalized spacial score (nSPS) is 41.1. The van der Waals surface area contributed by atoms with Gasteiger partial charge in [-0.2, -0.15) is 0 Å². The lowest BCUT2D eigenvalue weighted by Gasteiger charge is -2.38. The summed E-state index contributed by atoms with van der Waals surface area (Å²) in [5.74, 6) is -3.89. The monoisotopic (exact) mass is 342 g/mol.